The molecule has 4 nitrogen and oxygen atoms in total. The Morgan fingerprint density at radius 1 is 1.23 bits per heavy atom. The third-order valence-electron chi connectivity index (χ3n) is 1.99. The number of anilines is 1. The third kappa shape index (κ3) is 2.37. The summed E-state index contributed by atoms with van der Waals surface area (Å²) in [6.07, 6.45) is 1.54. The predicted molar refractivity (Wildman–Crippen MR) is 52.7 cm³/mol. The van der Waals surface area contributed by atoms with Gasteiger partial charge in [0.05, 0.1) is 0 Å². The number of hydrogen-bond acceptors (Lipinski definition) is 4. The second-order valence-electron chi connectivity index (χ2n) is 4.06. The lowest BCUT2D eigenvalue weighted by Crippen LogP contribution is -2.39. The molecule has 0 saturated heterocycles. The number of aryl methyl sites for hydroxylation is 1. The largest absolute Gasteiger partial charge is 0.339 e. The summed E-state index contributed by atoms with van der Waals surface area (Å²) in [7, 11) is 1.98. The van der Waals surface area contributed by atoms with E-state index in [1.54, 1.807) is 6.33 Å². The van der Waals surface area contributed by atoms with Crippen LogP contribution in [0.4, 0.5) is 5.95 Å². The molecule has 0 saturated carbocycles. The number of nitrogens with zero attached hydrogens (tertiary/aromatic N) is 4. The molecule has 4 heteroatoms. The maximum absolute atomic E-state index is 4.24. The second kappa shape index (κ2) is 3.28. The van der Waals surface area contributed by atoms with Crippen LogP contribution in [0.15, 0.2) is 6.33 Å². The van der Waals surface area contributed by atoms with Crippen molar-refractivity contribution in [3.63, 3.8) is 0 Å². The summed E-state index contributed by atoms with van der Waals surface area (Å²) in [5.41, 5.74) is 0.0355. The Balaban J connectivity index is 2.96. The van der Waals surface area contributed by atoms with E-state index in [-0.39, 0.29) is 5.54 Å². The zero-order valence-electron chi connectivity index (χ0n) is 8.87. The van der Waals surface area contributed by atoms with Gasteiger partial charge < -0.3 is 4.90 Å². The monoisotopic (exact) mass is 180 g/mol. The van der Waals surface area contributed by atoms with Crippen molar-refractivity contribution in [1.82, 2.24) is 15.0 Å². The van der Waals surface area contributed by atoms with Gasteiger partial charge in [0.1, 0.15) is 12.2 Å². The number of aromatic nitrogens is 3. The van der Waals surface area contributed by atoms with Crippen molar-refractivity contribution in [3.05, 3.63) is 12.2 Å². The van der Waals surface area contributed by atoms with Gasteiger partial charge in [0.15, 0.2) is 0 Å². The van der Waals surface area contributed by atoms with Crippen LogP contribution < -0.4 is 4.90 Å². The molecule has 1 heterocycles. The van der Waals surface area contributed by atoms with E-state index in [9.17, 15) is 0 Å². The normalized spacial score (nSPS) is 11.5. The van der Waals surface area contributed by atoms with E-state index in [4.69, 9.17) is 0 Å². The van der Waals surface area contributed by atoms with Crippen molar-refractivity contribution in [2.24, 2.45) is 0 Å². The summed E-state index contributed by atoms with van der Waals surface area (Å²) in [6, 6.07) is 0. The van der Waals surface area contributed by atoms with Gasteiger partial charge in [-0.25, -0.2) is 9.97 Å². The molecule has 0 radical (unpaired) electrons. The van der Waals surface area contributed by atoms with E-state index in [1.807, 2.05) is 18.9 Å². The van der Waals surface area contributed by atoms with Crippen molar-refractivity contribution >= 4 is 5.95 Å². The minimum atomic E-state index is 0.0355. The van der Waals surface area contributed by atoms with Crippen LogP contribution in [0.3, 0.4) is 0 Å². The lowest BCUT2D eigenvalue weighted by Gasteiger charge is -2.31. The molecule has 1 aromatic heterocycles. The number of rotatable bonds is 1. The van der Waals surface area contributed by atoms with Gasteiger partial charge in [0.2, 0.25) is 5.95 Å². The highest BCUT2D eigenvalue weighted by Crippen LogP contribution is 2.16. The molecular formula is C9H16N4. The van der Waals surface area contributed by atoms with E-state index in [0.29, 0.717) is 0 Å². The Bertz CT molecular complexity index is 290. The van der Waals surface area contributed by atoms with Gasteiger partial charge in [-0.15, -0.1) is 0 Å². The van der Waals surface area contributed by atoms with Gasteiger partial charge >= 0.3 is 0 Å². The van der Waals surface area contributed by atoms with Crippen molar-refractivity contribution in [2.75, 3.05) is 11.9 Å². The van der Waals surface area contributed by atoms with Gasteiger partial charge in [-0.05, 0) is 27.7 Å². The first-order valence-electron chi connectivity index (χ1n) is 4.31. The Hall–Kier alpha value is -1.19. The fraction of sp³-hybridized carbons (Fsp3) is 0.667. The van der Waals surface area contributed by atoms with Crippen LogP contribution in [0.2, 0.25) is 0 Å². The van der Waals surface area contributed by atoms with Crippen LogP contribution in [-0.4, -0.2) is 27.5 Å². The molecule has 0 N–H and O–H groups in total. The second-order valence-corrected chi connectivity index (χ2v) is 4.06. The molecule has 0 aliphatic heterocycles. The molecule has 0 amide bonds. The molecule has 0 fully saturated rings. The van der Waals surface area contributed by atoms with Crippen LogP contribution in [0.1, 0.15) is 26.6 Å². The fourth-order valence-electron chi connectivity index (χ4n) is 0.828. The van der Waals surface area contributed by atoms with E-state index >= 15 is 0 Å². The molecule has 0 aliphatic carbocycles. The standard InChI is InChI=1S/C9H16N4/c1-7-10-6-11-8(12-7)13(5)9(2,3)4/h6H,1-5H3. The average Bonchev–Trinajstić information content (AvgIpc) is 2.01. The van der Waals surface area contributed by atoms with E-state index < -0.39 is 0 Å². The van der Waals surface area contributed by atoms with Crippen molar-refractivity contribution in [2.45, 2.75) is 33.2 Å². The van der Waals surface area contributed by atoms with Gasteiger partial charge in [-0.2, -0.15) is 4.98 Å². The van der Waals surface area contributed by atoms with Crippen LogP contribution in [0.5, 0.6) is 0 Å². The van der Waals surface area contributed by atoms with Crippen molar-refractivity contribution in [3.8, 4) is 0 Å². The topological polar surface area (TPSA) is 41.9 Å². The van der Waals surface area contributed by atoms with Crippen LogP contribution in [0, 0.1) is 6.92 Å². The highest BCUT2D eigenvalue weighted by molar-refractivity contribution is 5.30. The minimum absolute atomic E-state index is 0.0355. The fourth-order valence-corrected chi connectivity index (χ4v) is 0.828. The first-order chi connectivity index (χ1) is 5.91. The van der Waals surface area contributed by atoms with Gasteiger partial charge in [-0.3, -0.25) is 0 Å². The number of hydrogen-bond donors (Lipinski definition) is 0. The minimum Gasteiger partial charge on any atom is -0.339 e. The van der Waals surface area contributed by atoms with E-state index in [2.05, 4.69) is 35.7 Å². The first-order valence-corrected chi connectivity index (χ1v) is 4.31. The summed E-state index contributed by atoms with van der Waals surface area (Å²) in [5, 5.41) is 0. The summed E-state index contributed by atoms with van der Waals surface area (Å²) in [5.74, 6) is 1.47. The molecule has 0 aromatic carbocycles. The molecule has 0 aliphatic rings. The third-order valence-corrected chi connectivity index (χ3v) is 1.99. The zero-order chi connectivity index (χ0) is 10.1. The highest BCUT2D eigenvalue weighted by atomic mass is 15.3. The van der Waals surface area contributed by atoms with Gasteiger partial charge in [0, 0.05) is 12.6 Å². The summed E-state index contributed by atoms with van der Waals surface area (Å²) in [6.45, 7) is 8.21. The quantitative estimate of drug-likeness (QED) is 0.655. The summed E-state index contributed by atoms with van der Waals surface area (Å²) < 4.78 is 0. The maximum Gasteiger partial charge on any atom is 0.228 e. The summed E-state index contributed by atoms with van der Waals surface area (Å²) in [4.78, 5) is 14.3. The molecule has 0 unspecified atom stereocenters. The van der Waals surface area contributed by atoms with Crippen molar-refractivity contribution < 1.29 is 0 Å². The Kier molecular flexibility index (Phi) is 2.50. The van der Waals surface area contributed by atoms with Crippen LogP contribution in [0.25, 0.3) is 0 Å². The average molecular weight is 180 g/mol. The molecular weight excluding hydrogens is 164 g/mol. The van der Waals surface area contributed by atoms with Gasteiger partial charge in [0.25, 0.3) is 0 Å². The Morgan fingerprint density at radius 2 is 1.85 bits per heavy atom. The van der Waals surface area contributed by atoms with Gasteiger partial charge in [-0.1, -0.05) is 0 Å². The van der Waals surface area contributed by atoms with E-state index in [0.717, 1.165) is 11.8 Å². The molecule has 72 valence electrons. The first kappa shape index (κ1) is 9.89. The lowest BCUT2D eigenvalue weighted by atomic mass is 10.1. The predicted octanol–water partition coefficient (Wildman–Crippen LogP) is 1.41. The molecule has 0 bridgehead atoms. The molecule has 1 rings (SSSR count). The van der Waals surface area contributed by atoms with E-state index in [1.165, 1.54) is 0 Å². The molecule has 0 spiro atoms. The highest BCUT2D eigenvalue weighted by Gasteiger charge is 2.19. The zero-order valence-corrected chi connectivity index (χ0v) is 8.87. The molecule has 0 atom stereocenters. The maximum atomic E-state index is 4.24. The molecule has 1 aromatic rings. The smallest absolute Gasteiger partial charge is 0.228 e. The van der Waals surface area contributed by atoms with Crippen LogP contribution in [-0.2, 0) is 0 Å². The Labute approximate surface area is 79.0 Å². The molecule has 13 heavy (non-hydrogen) atoms. The Morgan fingerprint density at radius 3 is 2.31 bits per heavy atom. The lowest BCUT2D eigenvalue weighted by molar-refractivity contribution is 0.526. The van der Waals surface area contributed by atoms with Crippen molar-refractivity contribution in [1.29, 1.82) is 0 Å². The SMILES string of the molecule is Cc1ncnc(N(C)C(C)(C)C)n1. The summed E-state index contributed by atoms with van der Waals surface area (Å²) >= 11 is 0. The van der Waals surface area contributed by atoms with Crippen LogP contribution >= 0.6 is 0 Å².